The summed E-state index contributed by atoms with van der Waals surface area (Å²) in [6.07, 6.45) is 9.84. The van der Waals surface area contributed by atoms with Crippen LogP contribution in [0.5, 0.6) is 0 Å². The minimum Gasteiger partial charge on any atom is -0.296 e. The highest BCUT2D eigenvalue weighted by Gasteiger charge is 2.26. The maximum atomic E-state index is 11.6. The van der Waals surface area contributed by atoms with Crippen LogP contribution in [0.4, 0.5) is 0 Å². The predicted octanol–water partition coefficient (Wildman–Crippen LogP) is 3.89. The number of hydrogen-bond donors (Lipinski definition) is 0. The smallest absolute Gasteiger partial charge is 0.168 e. The van der Waals surface area contributed by atoms with Gasteiger partial charge in [0.2, 0.25) is 0 Å². The van der Waals surface area contributed by atoms with Crippen LogP contribution < -0.4 is 0 Å². The van der Waals surface area contributed by atoms with Crippen molar-refractivity contribution in [1.82, 2.24) is 14.8 Å². The van der Waals surface area contributed by atoms with Gasteiger partial charge in [-0.25, -0.2) is 0 Å². The molecule has 22 heavy (non-hydrogen) atoms. The molecule has 4 heteroatoms. The third-order valence-electron chi connectivity index (χ3n) is 4.45. The lowest BCUT2D eigenvalue weighted by Gasteiger charge is -2.28. The molecule has 0 N–H and O–H groups in total. The molecule has 114 valence electrons. The predicted molar refractivity (Wildman–Crippen MR) is 87.4 cm³/mol. The van der Waals surface area contributed by atoms with E-state index in [1.807, 2.05) is 19.2 Å². The van der Waals surface area contributed by atoms with Gasteiger partial charge in [-0.1, -0.05) is 19.9 Å². The van der Waals surface area contributed by atoms with Crippen LogP contribution in [-0.4, -0.2) is 21.1 Å². The minimum atomic E-state index is 0.337. The average molecular weight is 295 g/mol. The highest BCUT2D eigenvalue weighted by atomic mass is 16.1. The highest BCUT2D eigenvalue weighted by Crippen LogP contribution is 2.41. The Bertz CT molecular complexity index is 726. The van der Waals surface area contributed by atoms with Gasteiger partial charge in [-0.15, -0.1) is 0 Å². The van der Waals surface area contributed by atoms with Crippen LogP contribution >= 0.6 is 0 Å². The van der Waals surface area contributed by atoms with E-state index < -0.39 is 0 Å². The molecule has 1 aliphatic carbocycles. The minimum absolute atomic E-state index is 0.337. The second-order valence-electron chi connectivity index (χ2n) is 6.68. The molecular formula is C18H21N3O. The van der Waals surface area contributed by atoms with Crippen molar-refractivity contribution in [3.63, 3.8) is 0 Å². The lowest BCUT2D eigenvalue weighted by Crippen LogP contribution is -2.14. The van der Waals surface area contributed by atoms with Crippen LogP contribution in [0.25, 0.3) is 16.8 Å². The van der Waals surface area contributed by atoms with Gasteiger partial charge in [0.25, 0.3) is 0 Å². The molecule has 2 aromatic rings. The first kappa shape index (κ1) is 14.7. The van der Waals surface area contributed by atoms with Crippen molar-refractivity contribution >= 4 is 11.9 Å². The van der Waals surface area contributed by atoms with Crippen LogP contribution in [0.3, 0.4) is 0 Å². The molecule has 2 heterocycles. The average Bonchev–Trinajstić information content (AvgIpc) is 2.85. The van der Waals surface area contributed by atoms with E-state index >= 15 is 0 Å². The van der Waals surface area contributed by atoms with Gasteiger partial charge < -0.3 is 0 Å². The molecule has 2 aromatic heterocycles. The molecule has 0 atom stereocenters. The summed E-state index contributed by atoms with van der Waals surface area (Å²) in [5, 5.41) is 4.58. The number of carbonyl (C=O) groups excluding carboxylic acids is 1. The summed E-state index contributed by atoms with van der Waals surface area (Å²) in [5.74, 6) is 0. The van der Waals surface area contributed by atoms with Crippen LogP contribution in [0.2, 0.25) is 0 Å². The summed E-state index contributed by atoms with van der Waals surface area (Å²) in [6.45, 7) is 4.57. The summed E-state index contributed by atoms with van der Waals surface area (Å²) < 4.78 is 1.68. The van der Waals surface area contributed by atoms with Crippen molar-refractivity contribution < 1.29 is 4.79 Å². The molecule has 0 saturated carbocycles. The quantitative estimate of drug-likeness (QED) is 0.807. The Morgan fingerprint density at radius 3 is 2.59 bits per heavy atom. The van der Waals surface area contributed by atoms with Gasteiger partial charge in [-0.3, -0.25) is 14.5 Å². The van der Waals surface area contributed by atoms with Gasteiger partial charge in [0, 0.05) is 30.6 Å². The van der Waals surface area contributed by atoms with Crippen LogP contribution in [0.15, 0.2) is 30.6 Å². The van der Waals surface area contributed by atoms with E-state index in [-0.39, 0.29) is 0 Å². The Kier molecular flexibility index (Phi) is 3.69. The van der Waals surface area contributed by atoms with E-state index in [0.717, 1.165) is 42.4 Å². The van der Waals surface area contributed by atoms with Gasteiger partial charge in [0.1, 0.15) is 11.4 Å². The Labute approximate surface area is 130 Å². The van der Waals surface area contributed by atoms with E-state index in [9.17, 15) is 4.79 Å². The van der Waals surface area contributed by atoms with E-state index in [0.29, 0.717) is 11.1 Å². The Hall–Kier alpha value is -2.23. The van der Waals surface area contributed by atoms with Gasteiger partial charge in [0.15, 0.2) is 6.29 Å². The van der Waals surface area contributed by atoms with Crippen molar-refractivity contribution in [1.29, 1.82) is 0 Å². The number of pyridine rings is 1. The van der Waals surface area contributed by atoms with E-state index in [2.05, 4.69) is 30.0 Å². The first-order valence-corrected chi connectivity index (χ1v) is 7.64. The molecule has 0 aromatic carbocycles. The molecule has 0 amide bonds. The molecule has 1 aliphatic rings. The monoisotopic (exact) mass is 295 g/mol. The summed E-state index contributed by atoms with van der Waals surface area (Å²) in [5.41, 5.74) is 5.08. The lowest BCUT2D eigenvalue weighted by atomic mass is 9.76. The third-order valence-corrected chi connectivity index (χ3v) is 4.45. The van der Waals surface area contributed by atoms with Crippen molar-refractivity contribution in [2.45, 2.75) is 33.1 Å². The summed E-state index contributed by atoms with van der Waals surface area (Å²) in [7, 11) is 1.82. The van der Waals surface area contributed by atoms with Crippen molar-refractivity contribution in [2.24, 2.45) is 12.5 Å². The molecule has 0 aliphatic heterocycles. The molecule has 0 unspecified atom stereocenters. The van der Waals surface area contributed by atoms with Gasteiger partial charge in [0.05, 0.1) is 0 Å². The molecular weight excluding hydrogens is 274 g/mol. The zero-order chi connectivity index (χ0) is 15.7. The molecule has 0 spiro atoms. The first-order chi connectivity index (χ1) is 10.5. The fourth-order valence-corrected chi connectivity index (χ4v) is 3.00. The number of nitrogens with zero attached hydrogens (tertiary/aromatic N) is 3. The number of aryl methyl sites for hydroxylation is 1. The second-order valence-corrected chi connectivity index (χ2v) is 6.68. The van der Waals surface area contributed by atoms with Crippen molar-refractivity contribution in [2.75, 3.05) is 0 Å². The number of carbonyl (C=O) groups is 1. The molecule has 0 fully saturated rings. The number of hydrogen-bond acceptors (Lipinski definition) is 3. The van der Waals surface area contributed by atoms with Crippen LogP contribution in [0.1, 0.15) is 49.2 Å². The fourth-order valence-electron chi connectivity index (χ4n) is 3.00. The molecule has 0 bridgehead atoms. The number of aldehydes is 1. The summed E-state index contributed by atoms with van der Waals surface area (Å²) in [6, 6.07) is 3.88. The Morgan fingerprint density at radius 2 is 2.00 bits per heavy atom. The molecule has 0 radical (unpaired) electrons. The summed E-state index contributed by atoms with van der Waals surface area (Å²) in [4.78, 5) is 15.6. The standard InChI is InChI=1S/C18H21N3O/c1-18(2)8-4-13(5-9-18)16-15(12-22)21(3)20-17(16)14-6-10-19-11-7-14/h4,6-7,10-12H,5,8-9H2,1-3H3. The van der Waals surface area contributed by atoms with E-state index in [4.69, 9.17) is 0 Å². The third kappa shape index (κ3) is 2.61. The van der Waals surface area contributed by atoms with Gasteiger partial charge in [-0.2, -0.15) is 5.10 Å². The molecule has 4 nitrogen and oxygen atoms in total. The van der Waals surface area contributed by atoms with Crippen molar-refractivity contribution in [3.05, 3.63) is 41.9 Å². The molecule has 3 rings (SSSR count). The fraction of sp³-hybridized carbons (Fsp3) is 0.389. The zero-order valence-electron chi connectivity index (χ0n) is 13.3. The second kappa shape index (κ2) is 5.52. The highest BCUT2D eigenvalue weighted by molar-refractivity contribution is 5.90. The Morgan fingerprint density at radius 1 is 1.27 bits per heavy atom. The zero-order valence-corrected chi connectivity index (χ0v) is 13.3. The van der Waals surface area contributed by atoms with Gasteiger partial charge >= 0.3 is 0 Å². The maximum Gasteiger partial charge on any atom is 0.168 e. The van der Waals surface area contributed by atoms with E-state index in [1.165, 1.54) is 5.57 Å². The largest absolute Gasteiger partial charge is 0.296 e. The topological polar surface area (TPSA) is 47.8 Å². The number of allylic oxidation sites excluding steroid dienone is 2. The molecule has 0 saturated heterocycles. The van der Waals surface area contributed by atoms with E-state index in [1.54, 1.807) is 17.1 Å². The van der Waals surface area contributed by atoms with Crippen LogP contribution in [-0.2, 0) is 7.05 Å². The van der Waals surface area contributed by atoms with Gasteiger partial charge in [-0.05, 0) is 42.4 Å². The summed E-state index contributed by atoms with van der Waals surface area (Å²) >= 11 is 0. The maximum absolute atomic E-state index is 11.6. The van der Waals surface area contributed by atoms with Crippen molar-refractivity contribution in [3.8, 4) is 11.3 Å². The number of rotatable bonds is 3. The Balaban J connectivity index is 2.14. The first-order valence-electron chi connectivity index (χ1n) is 7.64. The number of aromatic nitrogens is 3. The lowest BCUT2D eigenvalue weighted by molar-refractivity contribution is 0.111. The van der Waals surface area contributed by atoms with Crippen LogP contribution in [0, 0.1) is 5.41 Å². The normalized spacial score (nSPS) is 17.1. The SMILES string of the molecule is Cn1nc(-c2ccncc2)c(C2=CCC(C)(C)CC2)c1C=O.